The molecule has 1 atom stereocenters. The molecule has 0 aliphatic rings. The van der Waals surface area contributed by atoms with Gasteiger partial charge in [0.05, 0.1) is 0 Å². The molecule has 0 saturated carbocycles. The molecule has 0 aromatic rings. The van der Waals surface area contributed by atoms with Crippen molar-refractivity contribution >= 4 is 21.3 Å². The third-order valence-electron chi connectivity index (χ3n) is 0.677. The molecule has 0 saturated heterocycles. The molecule has 0 fully saturated rings. The van der Waals surface area contributed by atoms with E-state index < -0.39 is 11.8 Å². The van der Waals surface area contributed by atoms with Gasteiger partial charge in [-0.3, -0.25) is 9.59 Å². The van der Waals surface area contributed by atoms with Crippen molar-refractivity contribution in [2.75, 3.05) is 0 Å². The molecule has 0 aliphatic carbocycles. The van der Waals surface area contributed by atoms with Crippen LogP contribution in [0.5, 0.6) is 0 Å². The first kappa shape index (κ1) is 8.53. The van der Waals surface area contributed by atoms with Crippen LogP contribution in [0.2, 0.25) is 0 Å². The summed E-state index contributed by atoms with van der Waals surface area (Å²) < 4.78 is 4.32. The molecule has 2 amide bonds. The number of nitrogens with zero attached hydrogens (tertiary/aromatic N) is 1. The van der Waals surface area contributed by atoms with Crippen LogP contribution in [0.15, 0.2) is 0 Å². The normalized spacial score (nSPS) is 8.78. The lowest BCUT2D eigenvalue weighted by molar-refractivity contribution is -0.166. The summed E-state index contributed by atoms with van der Waals surface area (Å²) in [5.41, 5.74) is 0. The van der Waals surface area contributed by atoms with Crippen LogP contribution < -0.4 is 0 Å². The fourth-order valence-electron chi connectivity index (χ4n) is 0.370. The van der Waals surface area contributed by atoms with Crippen molar-refractivity contribution in [3.63, 3.8) is 0 Å². The van der Waals surface area contributed by atoms with Crippen molar-refractivity contribution in [1.29, 1.82) is 0 Å². The molecule has 0 aromatic heterocycles. The highest BCUT2D eigenvalue weighted by atomic mass is 31.0. The van der Waals surface area contributed by atoms with Crippen LogP contribution in [-0.4, -0.2) is 16.9 Å². The average Bonchev–Trinajstić information content (AvgIpc) is 1.64. The summed E-state index contributed by atoms with van der Waals surface area (Å²) in [6.45, 7) is 2.48. The molecule has 4 nitrogen and oxygen atoms in total. The second-order valence-electron chi connectivity index (χ2n) is 1.44. The smallest absolute Gasteiger partial charge is 0.250 e. The van der Waals surface area contributed by atoms with E-state index in [4.69, 9.17) is 0 Å². The lowest BCUT2D eigenvalue weighted by Gasteiger charge is -2.11. The lowest BCUT2D eigenvalue weighted by Crippen LogP contribution is -2.30. The lowest BCUT2D eigenvalue weighted by atomic mass is 10.6. The highest BCUT2D eigenvalue weighted by Crippen LogP contribution is 1.96. The Morgan fingerprint density at radius 3 is 1.67 bits per heavy atom. The second-order valence-corrected chi connectivity index (χ2v) is 1.65. The minimum absolute atomic E-state index is 0.433. The number of hydrogen-bond acceptors (Lipinski definition) is 3. The van der Waals surface area contributed by atoms with Gasteiger partial charge in [-0.25, -0.2) is 4.62 Å². The first-order valence-corrected chi connectivity index (χ1v) is 2.75. The zero-order valence-corrected chi connectivity index (χ0v) is 6.40. The first-order valence-electron chi connectivity index (χ1n) is 2.27. The zero-order valence-electron chi connectivity index (χ0n) is 5.25. The van der Waals surface area contributed by atoms with E-state index in [1.165, 1.54) is 13.8 Å². The molecule has 0 heterocycles. The van der Waals surface area contributed by atoms with Crippen LogP contribution in [0.4, 0.5) is 0 Å². The maximum atomic E-state index is 10.4. The largest absolute Gasteiger partial charge is 0.272 e. The van der Waals surface area contributed by atoms with E-state index in [9.17, 15) is 9.59 Å². The van der Waals surface area contributed by atoms with Gasteiger partial charge in [-0.2, -0.15) is 5.06 Å². The van der Waals surface area contributed by atoms with Crippen LogP contribution in [0, 0.1) is 0 Å². The Labute approximate surface area is 55.4 Å². The van der Waals surface area contributed by atoms with E-state index in [0.29, 0.717) is 5.06 Å². The molecule has 0 aromatic carbocycles. The average molecular weight is 149 g/mol. The van der Waals surface area contributed by atoms with E-state index in [1.54, 1.807) is 0 Å². The fraction of sp³-hybridized carbons (Fsp3) is 0.500. The maximum Gasteiger partial charge on any atom is 0.250 e. The van der Waals surface area contributed by atoms with Crippen molar-refractivity contribution in [2.24, 2.45) is 0 Å². The Balaban J connectivity index is 3.99. The van der Waals surface area contributed by atoms with Crippen molar-refractivity contribution in [1.82, 2.24) is 5.06 Å². The van der Waals surface area contributed by atoms with E-state index in [2.05, 4.69) is 4.62 Å². The Hall–Kier alpha value is -0.470. The van der Waals surface area contributed by atoms with Crippen LogP contribution >= 0.6 is 9.47 Å². The molecule has 0 bridgehead atoms. The van der Waals surface area contributed by atoms with E-state index >= 15 is 0 Å². The topological polar surface area (TPSA) is 46.6 Å². The minimum atomic E-state index is -0.433. The maximum absolute atomic E-state index is 10.4. The van der Waals surface area contributed by atoms with Crippen LogP contribution in [0.1, 0.15) is 13.8 Å². The number of rotatable bonds is 1. The van der Waals surface area contributed by atoms with Gasteiger partial charge < -0.3 is 0 Å². The van der Waals surface area contributed by atoms with Crippen molar-refractivity contribution < 1.29 is 14.2 Å². The SMILES string of the molecule is CC(=O)N(OP)C(C)=O. The first-order chi connectivity index (χ1) is 4.09. The van der Waals surface area contributed by atoms with Crippen LogP contribution in [-0.2, 0) is 14.2 Å². The molecule has 0 N–H and O–H groups in total. The van der Waals surface area contributed by atoms with Crippen molar-refractivity contribution in [2.45, 2.75) is 13.8 Å². The van der Waals surface area contributed by atoms with Gasteiger partial charge in [-0.1, -0.05) is 0 Å². The highest BCUT2D eigenvalue weighted by molar-refractivity contribution is 7.09. The summed E-state index contributed by atoms with van der Waals surface area (Å²) in [4.78, 5) is 20.8. The Kier molecular flexibility index (Phi) is 3.35. The van der Waals surface area contributed by atoms with E-state index in [0.717, 1.165) is 0 Å². The van der Waals surface area contributed by atoms with Gasteiger partial charge in [0.1, 0.15) is 0 Å². The summed E-state index contributed by atoms with van der Waals surface area (Å²) in [5, 5.41) is 0.644. The van der Waals surface area contributed by atoms with Gasteiger partial charge in [0, 0.05) is 23.3 Å². The molecule has 1 unspecified atom stereocenters. The quantitative estimate of drug-likeness (QED) is 0.392. The highest BCUT2D eigenvalue weighted by Gasteiger charge is 2.11. The molecule has 5 heteroatoms. The van der Waals surface area contributed by atoms with E-state index in [1.807, 2.05) is 9.47 Å². The number of amides is 2. The molecular formula is C4H8NO3P. The van der Waals surface area contributed by atoms with Gasteiger partial charge in [-0.15, -0.1) is 0 Å². The third kappa shape index (κ3) is 2.54. The fourth-order valence-corrected chi connectivity index (χ4v) is 0.667. The van der Waals surface area contributed by atoms with Crippen molar-refractivity contribution in [3.05, 3.63) is 0 Å². The predicted octanol–water partition coefficient (Wildman–Crippen LogP) is 0.103. The van der Waals surface area contributed by atoms with Gasteiger partial charge in [-0.05, 0) is 0 Å². The number of carbonyl (C=O) groups excluding carboxylic acids is 2. The summed E-state index contributed by atoms with van der Waals surface area (Å²) in [6, 6.07) is 0. The summed E-state index contributed by atoms with van der Waals surface area (Å²) in [6.07, 6.45) is 0. The molecule has 0 radical (unpaired) electrons. The number of hydroxylamine groups is 2. The zero-order chi connectivity index (χ0) is 7.44. The molecule has 0 aliphatic heterocycles. The molecular weight excluding hydrogens is 141 g/mol. The van der Waals surface area contributed by atoms with Crippen LogP contribution in [0.25, 0.3) is 0 Å². The van der Waals surface area contributed by atoms with Crippen LogP contribution in [0.3, 0.4) is 0 Å². The Morgan fingerprint density at radius 2 is 1.67 bits per heavy atom. The van der Waals surface area contributed by atoms with Gasteiger partial charge in [0.15, 0.2) is 0 Å². The number of imide groups is 1. The summed E-state index contributed by atoms with van der Waals surface area (Å²) >= 11 is 0. The van der Waals surface area contributed by atoms with Gasteiger partial charge in [0.25, 0.3) is 11.8 Å². The van der Waals surface area contributed by atoms with Gasteiger partial charge >= 0.3 is 0 Å². The molecule has 52 valence electrons. The molecule has 9 heavy (non-hydrogen) atoms. The summed E-state index contributed by atoms with van der Waals surface area (Å²) in [5.74, 6) is -0.866. The molecule has 0 spiro atoms. The summed E-state index contributed by atoms with van der Waals surface area (Å²) in [7, 11) is 1.82. The number of hydrogen-bond donors (Lipinski definition) is 0. The second kappa shape index (κ2) is 3.54. The number of carbonyl (C=O) groups is 2. The van der Waals surface area contributed by atoms with Crippen molar-refractivity contribution in [3.8, 4) is 0 Å². The minimum Gasteiger partial charge on any atom is -0.272 e. The molecule has 0 rings (SSSR count). The Bertz CT molecular complexity index is 122. The Morgan fingerprint density at radius 1 is 1.33 bits per heavy atom. The van der Waals surface area contributed by atoms with Gasteiger partial charge in [0.2, 0.25) is 0 Å². The predicted molar refractivity (Wildman–Crippen MR) is 34.0 cm³/mol. The van der Waals surface area contributed by atoms with E-state index in [-0.39, 0.29) is 0 Å². The monoisotopic (exact) mass is 149 g/mol. The third-order valence-corrected chi connectivity index (χ3v) is 0.888. The standard InChI is InChI=1S/C4H8NO3P/c1-3(6)5(8-9)4(2)7/h9H2,1-2H3.